The molecule has 0 spiro atoms. The number of anilines is 1. The van der Waals surface area contributed by atoms with E-state index in [4.69, 9.17) is 4.98 Å². The molecule has 3 aromatic rings. The molecule has 2 aromatic heterocycles. The second-order valence-corrected chi connectivity index (χ2v) is 9.16. The van der Waals surface area contributed by atoms with Gasteiger partial charge in [-0.15, -0.1) is 0 Å². The van der Waals surface area contributed by atoms with Gasteiger partial charge in [-0.05, 0) is 51.6 Å². The van der Waals surface area contributed by atoms with E-state index in [9.17, 15) is 17.6 Å². The van der Waals surface area contributed by atoms with E-state index in [0.717, 1.165) is 68.2 Å². The van der Waals surface area contributed by atoms with E-state index < -0.39 is 17.6 Å². The molecule has 0 amide bonds. The molecule has 0 aliphatic carbocycles. The topological polar surface area (TPSA) is 50.1 Å². The SMILES string of the molecule is CCc1cncnc1N1CCC(c2nc(-c3ccc(F)c(C(F)(F)F)c3)cn2CCN(C)C)CC1. The molecule has 4 rings (SSSR count). The van der Waals surface area contributed by atoms with Crippen LogP contribution < -0.4 is 4.90 Å². The first-order valence-corrected chi connectivity index (χ1v) is 11.8. The maximum atomic E-state index is 13.8. The third-order valence-corrected chi connectivity index (χ3v) is 6.47. The van der Waals surface area contributed by atoms with E-state index >= 15 is 0 Å². The first-order chi connectivity index (χ1) is 16.7. The van der Waals surface area contributed by atoms with Crippen molar-refractivity contribution in [1.82, 2.24) is 24.4 Å². The number of nitrogens with zero attached hydrogens (tertiary/aromatic N) is 6. The Morgan fingerprint density at radius 3 is 2.54 bits per heavy atom. The molecular weight excluding hydrogens is 460 g/mol. The maximum Gasteiger partial charge on any atom is 0.419 e. The van der Waals surface area contributed by atoms with Crippen LogP contribution in [0.2, 0.25) is 0 Å². The van der Waals surface area contributed by atoms with Gasteiger partial charge < -0.3 is 14.4 Å². The van der Waals surface area contributed by atoms with Crippen LogP contribution in [0.3, 0.4) is 0 Å². The number of hydrogen-bond donors (Lipinski definition) is 0. The summed E-state index contributed by atoms with van der Waals surface area (Å²) in [6.45, 7) is 5.12. The molecule has 3 heterocycles. The minimum Gasteiger partial charge on any atom is -0.356 e. The molecular formula is C25H30F4N6. The number of aromatic nitrogens is 4. The highest BCUT2D eigenvalue weighted by Gasteiger charge is 2.34. The highest BCUT2D eigenvalue weighted by atomic mass is 19.4. The lowest BCUT2D eigenvalue weighted by Gasteiger charge is -2.33. The zero-order chi connectivity index (χ0) is 25.2. The summed E-state index contributed by atoms with van der Waals surface area (Å²) in [6.07, 6.45) is 3.00. The number of piperidine rings is 1. The maximum absolute atomic E-state index is 13.8. The zero-order valence-corrected chi connectivity index (χ0v) is 20.2. The summed E-state index contributed by atoms with van der Waals surface area (Å²) in [5, 5.41) is 0. The van der Waals surface area contributed by atoms with Crippen molar-refractivity contribution < 1.29 is 17.6 Å². The van der Waals surface area contributed by atoms with Gasteiger partial charge >= 0.3 is 6.18 Å². The van der Waals surface area contributed by atoms with Crippen molar-refractivity contribution in [1.29, 1.82) is 0 Å². The summed E-state index contributed by atoms with van der Waals surface area (Å²) < 4.78 is 55.7. The molecule has 1 aliphatic rings. The van der Waals surface area contributed by atoms with Crippen molar-refractivity contribution >= 4 is 5.82 Å². The summed E-state index contributed by atoms with van der Waals surface area (Å²) in [5.74, 6) is 0.704. The summed E-state index contributed by atoms with van der Waals surface area (Å²) in [7, 11) is 3.94. The number of likely N-dealkylation sites (N-methyl/N-ethyl adjacent to an activating group) is 1. The first kappa shape index (κ1) is 25.1. The number of imidazole rings is 1. The van der Waals surface area contributed by atoms with Crippen molar-refractivity contribution in [2.24, 2.45) is 0 Å². The van der Waals surface area contributed by atoms with Crippen molar-refractivity contribution in [2.75, 3.05) is 38.6 Å². The molecule has 188 valence electrons. The molecule has 1 aliphatic heterocycles. The number of rotatable bonds is 7. The van der Waals surface area contributed by atoms with E-state index in [1.165, 1.54) is 6.07 Å². The quantitative estimate of drug-likeness (QED) is 0.436. The lowest BCUT2D eigenvalue weighted by atomic mass is 9.95. The van der Waals surface area contributed by atoms with E-state index in [1.54, 1.807) is 12.5 Å². The molecule has 0 N–H and O–H groups in total. The van der Waals surface area contributed by atoms with Crippen LogP contribution in [-0.4, -0.2) is 58.1 Å². The van der Waals surface area contributed by atoms with Crippen molar-refractivity contribution in [3.63, 3.8) is 0 Å². The summed E-state index contributed by atoms with van der Waals surface area (Å²) >= 11 is 0. The van der Waals surface area contributed by atoms with Gasteiger partial charge in [0.1, 0.15) is 23.8 Å². The normalized spacial score (nSPS) is 15.3. The predicted molar refractivity (Wildman–Crippen MR) is 127 cm³/mol. The van der Waals surface area contributed by atoms with Gasteiger partial charge in [0.2, 0.25) is 0 Å². The third-order valence-electron chi connectivity index (χ3n) is 6.47. The van der Waals surface area contributed by atoms with Gasteiger partial charge in [0, 0.05) is 55.6 Å². The Labute approximate surface area is 202 Å². The molecule has 6 nitrogen and oxygen atoms in total. The summed E-state index contributed by atoms with van der Waals surface area (Å²) in [4.78, 5) is 17.7. The van der Waals surface area contributed by atoms with Gasteiger partial charge in [0.25, 0.3) is 0 Å². The van der Waals surface area contributed by atoms with Gasteiger partial charge in [-0.2, -0.15) is 13.2 Å². The molecule has 1 fully saturated rings. The van der Waals surface area contributed by atoms with E-state index in [2.05, 4.69) is 21.8 Å². The molecule has 0 bridgehead atoms. The number of hydrogen-bond acceptors (Lipinski definition) is 5. The minimum atomic E-state index is -4.76. The second-order valence-electron chi connectivity index (χ2n) is 9.16. The van der Waals surface area contributed by atoms with E-state index in [0.29, 0.717) is 12.2 Å². The first-order valence-electron chi connectivity index (χ1n) is 11.8. The fourth-order valence-electron chi connectivity index (χ4n) is 4.52. The molecule has 1 aromatic carbocycles. The van der Waals surface area contributed by atoms with Crippen LogP contribution in [0.1, 0.15) is 42.6 Å². The standard InChI is InChI=1S/C25H30F4N6/c1-4-17-14-30-16-31-23(17)34-9-7-18(8-10-34)24-32-22(15-35(24)12-11-33(2)3)19-5-6-21(26)20(13-19)25(27,28)29/h5-6,13-16,18H,4,7-12H2,1-3H3. The molecule has 10 heteroatoms. The van der Waals surface area contributed by atoms with Crippen LogP contribution in [-0.2, 0) is 19.1 Å². The molecule has 0 radical (unpaired) electrons. The third kappa shape index (κ3) is 5.63. The van der Waals surface area contributed by atoms with Crippen LogP contribution in [0.15, 0.2) is 36.9 Å². The smallest absolute Gasteiger partial charge is 0.356 e. The Morgan fingerprint density at radius 1 is 1.14 bits per heavy atom. The van der Waals surface area contributed by atoms with Crippen LogP contribution in [0.4, 0.5) is 23.4 Å². The zero-order valence-electron chi connectivity index (χ0n) is 20.2. The van der Waals surface area contributed by atoms with Gasteiger partial charge in [-0.25, -0.2) is 19.3 Å². The summed E-state index contributed by atoms with van der Waals surface area (Å²) in [6, 6.07) is 3.07. The minimum absolute atomic E-state index is 0.164. The Bertz CT molecular complexity index is 1150. The fraction of sp³-hybridized carbons (Fsp3) is 0.480. The largest absolute Gasteiger partial charge is 0.419 e. The van der Waals surface area contributed by atoms with Crippen LogP contribution in [0.5, 0.6) is 0 Å². The van der Waals surface area contributed by atoms with Crippen LogP contribution >= 0.6 is 0 Å². The Morgan fingerprint density at radius 2 is 1.89 bits per heavy atom. The lowest BCUT2D eigenvalue weighted by Crippen LogP contribution is -2.35. The van der Waals surface area contributed by atoms with Gasteiger partial charge in [-0.3, -0.25) is 0 Å². The Balaban J connectivity index is 1.60. The molecule has 0 unspecified atom stereocenters. The highest BCUT2D eigenvalue weighted by molar-refractivity contribution is 5.60. The van der Waals surface area contributed by atoms with Crippen molar-refractivity contribution in [3.05, 3.63) is 59.7 Å². The van der Waals surface area contributed by atoms with Crippen molar-refractivity contribution in [3.8, 4) is 11.3 Å². The lowest BCUT2D eigenvalue weighted by molar-refractivity contribution is -0.139. The van der Waals surface area contributed by atoms with E-state index in [1.807, 2.05) is 29.8 Å². The summed E-state index contributed by atoms with van der Waals surface area (Å²) in [5.41, 5.74) is 0.520. The monoisotopic (exact) mass is 490 g/mol. The predicted octanol–water partition coefficient (Wildman–Crippen LogP) is 5.01. The van der Waals surface area contributed by atoms with Gasteiger partial charge in [-0.1, -0.05) is 6.92 Å². The number of halogens is 4. The van der Waals surface area contributed by atoms with Gasteiger partial charge in [0.05, 0.1) is 11.3 Å². The van der Waals surface area contributed by atoms with E-state index in [-0.39, 0.29) is 11.5 Å². The highest BCUT2D eigenvalue weighted by Crippen LogP contribution is 2.36. The number of aryl methyl sites for hydroxylation is 1. The molecule has 0 saturated carbocycles. The second kappa shape index (κ2) is 10.3. The van der Waals surface area contributed by atoms with Crippen molar-refractivity contribution in [2.45, 2.75) is 44.8 Å². The van der Waals surface area contributed by atoms with Gasteiger partial charge in [0.15, 0.2) is 0 Å². The average Bonchev–Trinajstić information content (AvgIpc) is 3.26. The molecule has 0 atom stereocenters. The Kier molecular flexibility index (Phi) is 7.39. The fourth-order valence-corrected chi connectivity index (χ4v) is 4.52. The number of benzene rings is 1. The molecule has 1 saturated heterocycles. The van der Waals surface area contributed by atoms with Crippen LogP contribution in [0, 0.1) is 5.82 Å². The Hall–Kier alpha value is -3.01. The van der Waals surface area contributed by atoms with Crippen LogP contribution in [0.25, 0.3) is 11.3 Å². The number of alkyl halides is 3. The average molecular weight is 491 g/mol. The molecule has 35 heavy (non-hydrogen) atoms.